The Morgan fingerprint density at radius 2 is 1.89 bits per heavy atom. The summed E-state index contributed by atoms with van der Waals surface area (Å²) in [6.07, 6.45) is -0.0187. The predicted octanol–water partition coefficient (Wildman–Crippen LogP) is 1.38. The minimum absolute atomic E-state index is 0.152. The first kappa shape index (κ1) is 15.5. The van der Waals surface area contributed by atoms with Crippen LogP contribution < -0.4 is 0 Å². The number of Topliss-reactive ketones (excluding diaryl/α,β-unsaturated/α-hetero) is 1. The van der Waals surface area contributed by atoms with Gasteiger partial charge in [-0.15, -0.1) is 0 Å². The second-order valence-corrected chi connectivity index (χ2v) is 5.55. The molecule has 0 N–H and O–H groups in total. The molecule has 1 fully saturated rings. The summed E-state index contributed by atoms with van der Waals surface area (Å²) in [6, 6.07) is 0. The first-order valence-electron chi connectivity index (χ1n) is 6.33. The summed E-state index contributed by atoms with van der Waals surface area (Å²) in [4.78, 5) is 36.6. The molecule has 1 atom stereocenters. The van der Waals surface area contributed by atoms with Gasteiger partial charge in [-0.1, -0.05) is 0 Å². The number of amides is 1. The van der Waals surface area contributed by atoms with Gasteiger partial charge in [0.25, 0.3) is 0 Å². The standard InChI is InChI=1S/C13H21NO5/c1-13(2,3)19-12(17)14-7-5-9(11(16)18-4)10(15)6-8-14/h9H,5-8H2,1-4H3/t9-/m0/s1. The number of methoxy groups -OCH3 is 1. The van der Waals surface area contributed by atoms with E-state index in [9.17, 15) is 14.4 Å². The molecule has 0 spiro atoms. The van der Waals surface area contributed by atoms with Gasteiger partial charge in [0, 0.05) is 19.5 Å². The Kier molecular flexibility index (Phi) is 4.91. The van der Waals surface area contributed by atoms with Crippen molar-refractivity contribution in [2.75, 3.05) is 20.2 Å². The van der Waals surface area contributed by atoms with Crippen molar-refractivity contribution in [3.05, 3.63) is 0 Å². The van der Waals surface area contributed by atoms with Crippen LogP contribution in [0.15, 0.2) is 0 Å². The second kappa shape index (κ2) is 6.04. The lowest BCUT2D eigenvalue weighted by atomic mass is 10.00. The van der Waals surface area contributed by atoms with Gasteiger partial charge in [0.2, 0.25) is 0 Å². The van der Waals surface area contributed by atoms with Crippen LogP contribution in [0.1, 0.15) is 33.6 Å². The summed E-state index contributed by atoms with van der Waals surface area (Å²) in [5, 5.41) is 0. The summed E-state index contributed by atoms with van der Waals surface area (Å²) in [5.74, 6) is -1.48. The number of likely N-dealkylation sites (tertiary alicyclic amines) is 1. The van der Waals surface area contributed by atoms with Crippen LogP contribution in [0.25, 0.3) is 0 Å². The van der Waals surface area contributed by atoms with Crippen LogP contribution in [-0.4, -0.2) is 48.5 Å². The number of hydrogen-bond acceptors (Lipinski definition) is 5. The minimum Gasteiger partial charge on any atom is -0.468 e. The number of ether oxygens (including phenoxy) is 2. The fraction of sp³-hybridized carbons (Fsp3) is 0.769. The van der Waals surface area contributed by atoms with Crippen LogP contribution in [0, 0.1) is 5.92 Å². The Labute approximate surface area is 113 Å². The number of esters is 1. The molecule has 0 aromatic carbocycles. The summed E-state index contributed by atoms with van der Waals surface area (Å²) >= 11 is 0. The molecular formula is C13H21NO5. The van der Waals surface area contributed by atoms with Gasteiger partial charge in [-0.25, -0.2) is 4.79 Å². The molecule has 1 saturated heterocycles. The van der Waals surface area contributed by atoms with E-state index >= 15 is 0 Å². The lowest BCUT2D eigenvalue weighted by Gasteiger charge is -2.26. The third-order valence-corrected chi connectivity index (χ3v) is 2.84. The lowest BCUT2D eigenvalue weighted by Crippen LogP contribution is -2.37. The zero-order chi connectivity index (χ0) is 14.6. The molecule has 0 bridgehead atoms. The zero-order valence-electron chi connectivity index (χ0n) is 11.9. The smallest absolute Gasteiger partial charge is 0.410 e. The predicted molar refractivity (Wildman–Crippen MR) is 67.6 cm³/mol. The fourth-order valence-electron chi connectivity index (χ4n) is 1.88. The number of carbonyl (C=O) groups excluding carboxylic acids is 3. The Bertz CT molecular complexity index is 372. The molecule has 1 aliphatic rings. The van der Waals surface area contributed by atoms with E-state index in [2.05, 4.69) is 4.74 Å². The van der Waals surface area contributed by atoms with E-state index in [-0.39, 0.29) is 25.2 Å². The largest absolute Gasteiger partial charge is 0.468 e. The lowest BCUT2D eigenvalue weighted by molar-refractivity contribution is -0.149. The molecule has 0 aliphatic carbocycles. The fourth-order valence-corrected chi connectivity index (χ4v) is 1.88. The molecule has 1 rings (SSSR count). The van der Waals surface area contributed by atoms with Crippen molar-refractivity contribution < 1.29 is 23.9 Å². The van der Waals surface area contributed by atoms with Gasteiger partial charge < -0.3 is 14.4 Å². The molecule has 6 heteroatoms. The molecule has 0 saturated carbocycles. The number of ketones is 1. The third-order valence-electron chi connectivity index (χ3n) is 2.84. The van der Waals surface area contributed by atoms with Crippen molar-refractivity contribution in [2.45, 2.75) is 39.2 Å². The Morgan fingerprint density at radius 1 is 1.26 bits per heavy atom. The van der Waals surface area contributed by atoms with Crippen LogP contribution in [-0.2, 0) is 19.1 Å². The van der Waals surface area contributed by atoms with E-state index in [1.54, 1.807) is 20.8 Å². The molecule has 108 valence electrons. The SMILES string of the molecule is COC(=O)[C@H]1CCN(C(=O)OC(C)(C)C)CCC1=O. The Morgan fingerprint density at radius 3 is 2.42 bits per heavy atom. The van der Waals surface area contributed by atoms with Crippen molar-refractivity contribution in [2.24, 2.45) is 5.92 Å². The summed E-state index contributed by atoms with van der Waals surface area (Å²) in [5.41, 5.74) is -0.574. The first-order chi connectivity index (χ1) is 8.74. The molecule has 1 heterocycles. The minimum atomic E-state index is -0.766. The molecule has 1 aliphatic heterocycles. The van der Waals surface area contributed by atoms with E-state index in [0.29, 0.717) is 6.54 Å². The van der Waals surface area contributed by atoms with Crippen LogP contribution in [0.3, 0.4) is 0 Å². The van der Waals surface area contributed by atoms with Gasteiger partial charge in [-0.3, -0.25) is 9.59 Å². The molecule has 0 unspecified atom stereocenters. The summed E-state index contributed by atoms with van der Waals surface area (Å²) in [6.45, 7) is 5.95. The maximum atomic E-state index is 11.9. The highest BCUT2D eigenvalue weighted by atomic mass is 16.6. The van der Waals surface area contributed by atoms with Crippen molar-refractivity contribution in [1.29, 1.82) is 0 Å². The first-order valence-corrected chi connectivity index (χ1v) is 6.33. The van der Waals surface area contributed by atoms with Crippen molar-refractivity contribution in [1.82, 2.24) is 4.90 Å². The number of nitrogens with zero attached hydrogens (tertiary/aromatic N) is 1. The van der Waals surface area contributed by atoms with Crippen LogP contribution in [0.5, 0.6) is 0 Å². The molecule has 0 radical (unpaired) electrons. The zero-order valence-corrected chi connectivity index (χ0v) is 11.9. The van der Waals surface area contributed by atoms with Crippen LogP contribution in [0.4, 0.5) is 4.79 Å². The average Bonchev–Trinajstić information content (AvgIpc) is 2.48. The topological polar surface area (TPSA) is 72.9 Å². The van der Waals surface area contributed by atoms with E-state index in [1.807, 2.05) is 0 Å². The maximum Gasteiger partial charge on any atom is 0.410 e. The molecule has 1 amide bonds. The van der Waals surface area contributed by atoms with Crippen molar-refractivity contribution in [3.8, 4) is 0 Å². The average molecular weight is 271 g/mol. The third kappa shape index (κ3) is 4.54. The van der Waals surface area contributed by atoms with Gasteiger partial charge in [-0.05, 0) is 27.2 Å². The number of hydrogen-bond donors (Lipinski definition) is 0. The van der Waals surface area contributed by atoms with Crippen LogP contribution >= 0.6 is 0 Å². The summed E-state index contributed by atoms with van der Waals surface area (Å²) in [7, 11) is 1.26. The van der Waals surface area contributed by atoms with Gasteiger partial charge in [0.15, 0.2) is 0 Å². The quantitative estimate of drug-likeness (QED) is 0.532. The normalized spacial score (nSPS) is 20.7. The van der Waals surface area contributed by atoms with Gasteiger partial charge >= 0.3 is 12.1 Å². The van der Waals surface area contributed by atoms with Crippen molar-refractivity contribution >= 4 is 17.8 Å². The highest BCUT2D eigenvalue weighted by Crippen LogP contribution is 2.18. The molecular weight excluding hydrogens is 250 g/mol. The highest BCUT2D eigenvalue weighted by Gasteiger charge is 2.33. The molecule has 6 nitrogen and oxygen atoms in total. The Hall–Kier alpha value is -1.59. The number of rotatable bonds is 1. The van der Waals surface area contributed by atoms with E-state index < -0.39 is 23.6 Å². The van der Waals surface area contributed by atoms with E-state index in [1.165, 1.54) is 12.0 Å². The maximum absolute atomic E-state index is 11.9. The summed E-state index contributed by atoms with van der Waals surface area (Å²) < 4.78 is 9.85. The molecule has 0 aromatic rings. The number of carbonyl (C=O) groups is 3. The molecule has 19 heavy (non-hydrogen) atoms. The van der Waals surface area contributed by atoms with E-state index in [4.69, 9.17) is 4.74 Å². The van der Waals surface area contributed by atoms with Crippen LogP contribution in [0.2, 0.25) is 0 Å². The van der Waals surface area contributed by atoms with Crippen molar-refractivity contribution in [3.63, 3.8) is 0 Å². The van der Waals surface area contributed by atoms with Gasteiger partial charge in [0.1, 0.15) is 17.3 Å². The highest BCUT2D eigenvalue weighted by molar-refractivity contribution is 5.99. The van der Waals surface area contributed by atoms with E-state index in [0.717, 1.165) is 0 Å². The second-order valence-electron chi connectivity index (χ2n) is 5.55. The van der Waals surface area contributed by atoms with Gasteiger partial charge in [0.05, 0.1) is 7.11 Å². The van der Waals surface area contributed by atoms with Gasteiger partial charge in [-0.2, -0.15) is 0 Å². The molecule has 0 aromatic heterocycles. The monoisotopic (exact) mass is 271 g/mol. The Balaban J connectivity index is 2.65.